The van der Waals surface area contributed by atoms with Gasteiger partial charge < -0.3 is 45.2 Å². The molecule has 0 atom stereocenters. The van der Waals surface area contributed by atoms with Crippen LogP contribution in [0.25, 0.3) is 0 Å². The van der Waals surface area contributed by atoms with Gasteiger partial charge in [-0.1, -0.05) is 0 Å². The van der Waals surface area contributed by atoms with Crippen LogP contribution in [0.4, 0.5) is 0 Å². The third-order valence-corrected chi connectivity index (χ3v) is 0. The molecule has 0 amide bonds. The van der Waals surface area contributed by atoms with E-state index in [1.807, 2.05) is 0 Å². The van der Waals surface area contributed by atoms with Crippen molar-refractivity contribution in [1.29, 1.82) is 0 Å². The topological polar surface area (TPSA) is 208 Å². The summed E-state index contributed by atoms with van der Waals surface area (Å²) >= 11 is 0. The number of rotatable bonds is 0. The van der Waals surface area contributed by atoms with Crippen LogP contribution in [0.3, 0.4) is 0 Å². The van der Waals surface area contributed by atoms with Gasteiger partial charge in [0.15, 0.2) is 0 Å². The third kappa shape index (κ3) is 7240. The summed E-state index contributed by atoms with van der Waals surface area (Å²) in [5, 5.41) is 75.8. The molecular formula is B3LiO9-8. The summed E-state index contributed by atoms with van der Waals surface area (Å²) in [6.07, 6.45) is 0. The Bertz CT molecular complexity index is 43.4. The summed E-state index contributed by atoms with van der Waals surface area (Å²) < 4.78 is 0. The van der Waals surface area contributed by atoms with Gasteiger partial charge in [0.2, 0.25) is 0 Å². The molecule has 0 saturated carbocycles. The Morgan fingerprint density at radius 3 is 0.385 bits per heavy atom. The van der Waals surface area contributed by atoms with Crippen LogP contribution in [0.1, 0.15) is 0 Å². The van der Waals surface area contributed by atoms with Crippen LogP contribution in [0, 0.1) is 0 Å². The maximum Gasteiger partial charge on any atom is 1.00 e. The van der Waals surface area contributed by atoms with E-state index < -0.39 is 22.0 Å². The van der Waals surface area contributed by atoms with Crippen molar-refractivity contribution in [3.05, 3.63) is 0 Å². The summed E-state index contributed by atoms with van der Waals surface area (Å²) in [6, 6.07) is 0. The van der Waals surface area contributed by atoms with Gasteiger partial charge in [-0.15, -0.1) is 0 Å². The summed E-state index contributed by atoms with van der Waals surface area (Å²) in [5.74, 6) is 0. The van der Waals surface area contributed by atoms with Crippen LogP contribution < -0.4 is 64.1 Å². The van der Waals surface area contributed by atoms with Crippen LogP contribution >= 0.6 is 0 Å². The second kappa shape index (κ2) is 18.3. The van der Waals surface area contributed by atoms with E-state index in [4.69, 9.17) is 45.2 Å². The Kier molecular flexibility index (Phi) is 32.8. The second-order valence-corrected chi connectivity index (χ2v) is 0.866. The molecule has 9 nitrogen and oxygen atoms in total. The van der Waals surface area contributed by atoms with Crippen molar-refractivity contribution in [1.82, 2.24) is 0 Å². The first-order chi connectivity index (χ1) is 5.20. The smallest absolute Gasteiger partial charge is 0.907 e. The minimum absolute atomic E-state index is 0. The van der Waals surface area contributed by atoms with Gasteiger partial charge in [-0.2, -0.15) is 0 Å². The average Bonchev–Trinajstić information content (AvgIpc) is 1.54. The Balaban J connectivity index is -0.0000000450. The molecule has 0 saturated heterocycles. The fourth-order valence-corrected chi connectivity index (χ4v) is 0. The molecule has 0 fully saturated rings. The van der Waals surface area contributed by atoms with Gasteiger partial charge in [0.25, 0.3) is 0 Å². The SMILES string of the molecule is [Li+].[O-]B([O-])[O-].[O-]B([O-])[O-].[O-]B([O-])[O-]. The molecule has 0 bridgehead atoms. The molecule has 0 aliphatic heterocycles. The molecular weight excluding hydrogens is 183 g/mol. The molecule has 0 N–H and O–H groups in total. The van der Waals surface area contributed by atoms with Crippen LogP contribution in [0.5, 0.6) is 0 Å². The van der Waals surface area contributed by atoms with Gasteiger partial charge in [0, 0.05) is 0 Å². The van der Waals surface area contributed by atoms with Crippen LogP contribution in [0.15, 0.2) is 0 Å². The monoisotopic (exact) mass is 184 g/mol. The van der Waals surface area contributed by atoms with Crippen LogP contribution in [0.2, 0.25) is 0 Å². The Hall–Kier alpha value is 0.432. The molecule has 0 unspecified atom stereocenters. The van der Waals surface area contributed by atoms with Crippen LogP contribution in [-0.4, -0.2) is 22.0 Å². The first-order valence-corrected chi connectivity index (χ1v) is 2.12. The van der Waals surface area contributed by atoms with E-state index in [1.165, 1.54) is 0 Å². The van der Waals surface area contributed by atoms with Gasteiger partial charge in [0.05, 0.1) is 0 Å². The summed E-state index contributed by atoms with van der Waals surface area (Å²) in [5.41, 5.74) is 0. The van der Waals surface area contributed by atoms with E-state index in [-0.39, 0.29) is 18.9 Å². The molecule has 13 heavy (non-hydrogen) atoms. The Morgan fingerprint density at radius 2 is 0.385 bits per heavy atom. The number of hydrogen-bond donors (Lipinski definition) is 0. The van der Waals surface area contributed by atoms with Crippen molar-refractivity contribution < 1.29 is 64.1 Å². The van der Waals surface area contributed by atoms with Crippen molar-refractivity contribution >= 4 is 22.0 Å². The first kappa shape index (κ1) is 23.3. The fourth-order valence-electron chi connectivity index (χ4n) is 0. The zero-order valence-corrected chi connectivity index (χ0v) is 6.41. The van der Waals surface area contributed by atoms with E-state index in [2.05, 4.69) is 0 Å². The van der Waals surface area contributed by atoms with E-state index in [9.17, 15) is 0 Å². The van der Waals surface area contributed by atoms with Gasteiger partial charge in [-0.05, 0) is 0 Å². The van der Waals surface area contributed by atoms with Crippen molar-refractivity contribution in [3.63, 3.8) is 0 Å². The van der Waals surface area contributed by atoms with Gasteiger partial charge in [0.1, 0.15) is 0 Å². The molecule has 0 aromatic heterocycles. The average molecular weight is 183 g/mol. The summed E-state index contributed by atoms with van der Waals surface area (Å²) in [4.78, 5) is 0. The predicted molar refractivity (Wildman–Crippen MR) is 17.3 cm³/mol. The maximum absolute atomic E-state index is 8.42. The third-order valence-electron chi connectivity index (χ3n) is 0. The molecule has 13 heteroatoms. The molecule has 0 aliphatic carbocycles. The zero-order chi connectivity index (χ0) is 10.7. The molecule has 0 rings (SSSR count). The van der Waals surface area contributed by atoms with Crippen molar-refractivity contribution in [2.24, 2.45) is 0 Å². The Labute approximate surface area is 86.6 Å². The van der Waals surface area contributed by atoms with E-state index in [0.717, 1.165) is 0 Å². The van der Waals surface area contributed by atoms with E-state index in [1.54, 1.807) is 0 Å². The summed E-state index contributed by atoms with van der Waals surface area (Å²) in [6.45, 7) is 0. The standard InChI is InChI=1S/3BO3.Li/c3*2-1(3)4;/q3*-3;+1. The molecule has 0 spiro atoms. The molecule has 0 aliphatic rings. The van der Waals surface area contributed by atoms with Gasteiger partial charge in [-0.3, -0.25) is 22.0 Å². The zero-order valence-electron chi connectivity index (χ0n) is 6.41. The first-order valence-electron chi connectivity index (χ1n) is 2.12. The second-order valence-electron chi connectivity index (χ2n) is 0.866. The molecule has 0 radical (unpaired) electrons. The molecule has 72 valence electrons. The van der Waals surface area contributed by atoms with E-state index in [0.29, 0.717) is 0 Å². The normalized spacial score (nSPS) is 6.23. The van der Waals surface area contributed by atoms with Crippen molar-refractivity contribution in [2.45, 2.75) is 0 Å². The minimum Gasteiger partial charge on any atom is -0.907 e. The maximum atomic E-state index is 8.42. The molecule has 0 aromatic rings. The number of hydrogen-bond acceptors (Lipinski definition) is 9. The Morgan fingerprint density at radius 1 is 0.385 bits per heavy atom. The van der Waals surface area contributed by atoms with E-state index >= 15 is 0 Å². The predicted octanol–water partition coefficient (Wildman–Crippen LogP) is -14.8. The van der Waals surface area contributed by atoms with Crippen molar-refractivity contribution in [2.75, 3.05) is 0 Å². The van der Waals surface area contributed by atoms with Crippen LogP contribution in [-0.2, 0) is 0 Å². The summed E-state index contributed by atoms with van der Waals surface area (Å²) in [7, 11) is -8.75. The van der Waals surface area contributed by atoms with Gasteiger partial charge in [-0.25, -0.2) is 0 Å². The largest absolute Gasteiger partial charge is 1.00 e. The fraction of sp³-hybridized carbons (Fsp3) is 0. The minimum atomic E-state index is -2.92. The van der Waals surface area contributed by atoms with Gasteiger partial charge >= 0.3 is 18.9 Å². The quantitative estimate of drug-likeness (QED) is 0.326. The molecule has 0 heterocycles. The van der Waals surface area contributed by atoms with Crippen molar-refractivity contribution in [3.8, 4) is 0 Å². The molecule has 0 aromatic carbocycles.